The molecule has 27 heavy (non-hydrogen) atoms. The number of aromatic nitrogens is 3. The summed E-state index contributed by atoms with van der Waals surface area (Å²) < 4.78 is 39.5. The van der Waals surface area contributed by atoms with Crippen LogP contribution in [0.5, 0.6) is 11.5 Å². The minimum absolute atomic E-state index is 0.0474. The van der Waals surface area contributed by atoms with Crippen molar-refractivity contribution >= 4 is 27.6 Å². The van der Waals surface area contributed by atoms with E-state index in [9.17, 15) is 8.42 Å². The Morgan fingerprint density at radius 3 is 2.52 bits per heavy atom. The summed E-state index contributed by atoms with van der Waals surface area (Å²) in [5.74, 6) is 0.523. The molecule has 3 rings (SSSR count). The third-order valence-electron chi connectivity index (χ3n) is 3.68. The molecule has 0 spiro atoms. The lowest BCUT2D eigenvalue weighted by molar-refractivity contribution is 0.392. The average Bonchev–Trinajstić information content (AvgIpc) is 3.09. The van der Waals surface area contributed by atoms with E-state index in [-0.39, 0.29) is 16.6 Å². The molecule has 8 nitrogen and oxygen atoms in total. The summed E-state index contributed by atoms with van der Waals surface area (Å²) in [4.78, 5) is 3.93. The zero-order valence-corrected chi connectivity index (χ0v) is 16.2. The van der Waals surface area contributed by atoms with Crippen LogP contribution in [-0.2, 0) is 16.6 Å². The second-order valence-corrected chi connectivity index (χ2v) is 7.60. The molecule has 0 unspecified atom stereocenters. The van der Waals surface area contributed by atoms with E-state index in [1.54, 1.807) is 18.2 Å². The first-order valence-corrected chi connectivity index (χ1v) is 9.66. The quantitative estimate of drug-likeness (QED) is 0.645. The maximum absolute atomic E-state index is 12.7. The lowest BCUT2D eigenvalue weighted by Crippen LogP contribution is -2.15. The molecular weight excluding hydrogens is 392 g/mol. The largest absolute Gasteiger partial charge is 0.497 e. The van der Waals surface area contributed by atoms with Crippen LogP contribution in [0.25, 0.3) is 0 Å². The highest BCUT2D eigenvalue weighted by atomic mass is 35.5. The molecule has 0 saturated carbocycles. The van der Waals surface area contributed by atoms with Gasteiger partial charge >= 0.3 is 0 Å². The second-order valence-electron chi connectivity index (χ2n) is 5.51. The van der Waals surface area contributed by atoms with Gasteiger partial charge in [-0.05, 0) is 29.8 Å². The first-order valence-electron chi connectivity index (χ1n) is 7.80. The van der Waals surface area contributed by atoms with Gasteiger partial charge in [-0.2, -0.15) is 4.98 Å². The monoisotopic (exact) mass is 408 g/mol. The molecular formula is C17H17ClN4O4S. The number of nitrogens with zero attached hydrogens (tertiary/aromatic N) is 3. The Balaban J connectivity index is 1.81. The molecule has 3 aromatic rings. The lowest BCUT2D eigenvalue weighted by atomic mass is 10.2. The van der Waals surface area contributed by atoms with E-state index in [1.807, 2.05) is 12.1 Å². The minimum atomic E-state index is -3.96. The average molecular weight is 409 g/mol. The van der Waals surface area contributed by atoms with Crippen molar-refractivity contribution in [1.29, 1.82) is 0 Å². The topological polar surface area (TPSA) is 95.3 Å². The highest BCUT2D eigenvalue weighted by molar-refractivity contribution is 7.92. The first kappa shape index (κ1) is 19.0. The van der Waals surface area contributed by atoms with Gasteiger partial charge in [0.15, 0.2) is 0 Å². The van der Waals surface area contributed by atoms with Crippen molar-refractivity contribution in [2.24, 2.45) is 0 Å². The number of sulfonamides is 1. The predicted molar refractivity (Wildman–Crippen MR) is 101 cm³/mol. The lowest BCUT2D eigenvalue weighted by Gasteiger charge is -2.11. The third kappa shape index (κ3) is 4.50. The van der Waals surface area contributed by atoms with Crippen LogP contribution in [0.15, 0.2) is 53.7 Å². The van der Waals surface area contributed by atoms with Crippen LogP contribution >= 0.6 is 11.6 Å². The number of ether oxygens (including phenoxy) is 2. The first-order chi connectivity index (χ1) is 12.9. The summed E-state index contributed by atoms with van der Waals surface area (Å²) in [6.45, 7) is 0.425. The van der Waals surface area contributed by atoms with E-state index in [0.717, 1.165) is 5.56 Å². The van der Waals surface area contributed by atoms with Crippen molar-refractivity contribution in [3.8, 4) is 11.5 Å². The number of anilines is 1. The van der Waals surface area contributed by atoms with Crippen molar-refractivity contribution < 1.29 is 17.9 Å². The SMILES string of the molecule is COc1ccc(OC)c(S(=O)(=O)Nc2ncn(Cc3ccc(Cl)cc3)n2)c1. The summed E-state index contributed by atoms with van der Waals surface area (Å²) in [6, 6.07) is 11.7. The summed E-state index contributed by atoms with van der Waals surface area (Å²) in [6.07, 6.45) is 1.44. The van der Waals surface area contributed by atoms with Crippen LogP contribution in [-0.4, -0.2) is 37.4 Å². The van der Waals surface area contributed by atoms with Crippen molar-refractivity contribution in [2.75, 3.05) is 18.9 Å². The highest BCUT2D eigenvalue weighted by Gasteiger charge is 2.22. The number of halogens is 1. The maximum Gasteiger partial charge on any atom is 0.268 e. The summed E-state index contributed by atoms with van der Waals surface area (Å²) in [5, 5.41) is 4.78. The number of rotatable bonds is 7. The Bertz CT molecular complexity index is 1040. The van der Waals surface area contributed by atoms with E-state index in [1.165, 1.54) is 37.4 Å². The van der Waals surface area contributed by atoms with E-state index in [2.05, 4.69) is 14.8 Å². The van der Waals surface area contributed by atoms with Gasteiger partial charge in [-0.25, -0.2) is 17.8 Å². The molecule has 0 radical (unpaired) electrons. The summed E-state index contributed by atoms with van der Waals surface area (Å²) in [7, 11) is -1.13. The number of hydrogen-bond donors (Lipinski definition) is 1. The van der Waals surface area contributed by atoms with Crippen LogP contribution in [0, 0.1) is 0 Å². The Hall–Kier alpha value is -2.78. The molecule has 142 valence electrons. The molecule has 2 aromatic carbocycles. The molecule has 0 aliphatic heterocycles. The van der Waals surface area contributed by atoms with Gasteiger partial charge in [-0.1, -0.05) is 23.7 Å². The highest BCUT2D eigenvalue weighted by Crippen LogP contribution is 2.29. The Kier molecular flexibility index (Phi) is 5.52. The Morgan fingerprint density at radius 1 is 1.11 bits per heavy atom. The van der Waals surface area contributed by atoms with Crippen molar-refractivity contribution in [3.63, 3.8) is 0 Å². The van der Waals surface area contributed by atoms with Crippen molar-refractivity contribution in [2.45, 2.75) is 11.4 Å². The van der Waals surface area contributed by atoms with Gasteiger partial charge in [0, 0.05) is 11.1 Å². The van der Waals surface area contributed by atoms with E-state index >= 15 is 0 Å². The summed E-state index contributed by atoms with van der Waals surface area (Å²) in [5.41, 5.74) is 0.952. The van der Waals surface area contributed by atoms with Crippen molar-refractivity contribution in [1.82, 2.24) is 14.8 Å². The molecule has 0 fully saturated rings. The fourth-order valence-electron chi connectivity index (χ4n) is 2.36. The molecule has 0 aliphatic carbocycles. The fraction of sp³-hybridized carbons (Fsp3) is 0.176. The van der Waals surface area contributed by atoms with Gasteiger partial charge in [0.05, 0.1) is 20.8 Å². The zero-order valence-electron chi connectivity index (χ0n) is 14.6. The molecule has 0 atom stereocenters. The molecule has 0 saturated heterocycles. The van der Waals surface area contributed by atoms with Gasteiger partial charge in [-0.15, -0.1) is 5.10 Å². The molecule has 1 heterocycles. The van der Waals surface area contributed by atoms with Crippen LogP contribution in [0.3, 0.4) is 0 Å². The van der Waals surface area contributed by atoms with Crippen LogP contribution < -0.4 is 14.2 Å². The van der Waals surface area contributed by atoms with E-state index in [4.69, 9.17) is 21.1 Å². The smallest absolute Gasteiger partial charge is 0.268 e. The van der Waals surface area contributed by atoms with Gasteiger partial charge in [-0.3, -0.25) is 0 Å². The number of nitrogens with one attached hydrogen (secondary N) is 1. The van der Waals surface area contributed by atoms with E-state index in [0.29, 0.717) is 17.3 Å². The number of benzene rings is 2. The van der Waals surface area contributed by atoms with Crippen LogP contribution in [0.2, 0.25) is 5.02 Å². The second kappa shape index (κ2) is 7.85. The van der Waals surface area contributed by atoms with Gasteiger partial charge in [0.25, 0.3) is 16.0 Å². The minimum Gasteiger partial charge on any atom is -0.497 e. The van der Waals surface area contributed by atoms with Gasteiger partial charge in [0.1, 0.15) is 22.7 Å². The zero-order chi connectivity index (χ0) is 19.4. The van der Waals surface area contributed by atoms with Gasteiger partial charge < -0.3 is 9.47 Å². The number of hydrogen-bond acceptors (Lipinski definition) is 6. The molecule has 0 amide bonds. The predicted octanol–water partition coefficient (Wildman–Crippen LogP) is 2.80. The molecule has 1 aromatic heterocycles. The standard InChI is InChI=1S/C17H17ClN4O4S/c1-25-14-7-8-15(26-2)16(9-14)27(23,24)21-17-19-11-22(20-17)10-12-3-5-13(18)6-4-12/h3-9,11H,10H2,1-2H3,(H,20,21). The van der Waals surface area contributed by atoms with Crippen LogP contribution in [0.1, 0.15) is 5.56 Å². The molecule has 0 bridgehead atoms. The third-order valence-corrected chi connectivity index (χ3v) is 5.28. The molecule has 0 aliphatic rings. The summed E-state index contributed by atoms with van der Waals surface area (Å²) >= 11 is 5.87. The maximum atomic E-state index is 12.7. The fourth-order valence-corrected chi connectivity index (χ4v) is 3.62. The van der Waals surface area contributed by atoms with Gasteiger partial charge in [0.2, 0.25) is 0 Å². The van der Waals surface area contributed by atoms with Crippen molar-refractivity contribution in [3.05, 3.63) is 59.4 Å². The molecule has 1 N–H and O–H groups in total. The normalized spacial score (nSPS) is 11.2. The van der Waals surface area contributed by atoms with Crippen LogP contribution in [0.4, 0.5) is 5.95 Å². The Labute approximate surface area is 161 Å². The Morgan fingerprint density at radius 2 is 1.85 bits per heavy atom. The number of methoxy groups -OCH3 is 2. The van der Waals surface area contributed by atoms with E-state index < -0.39 is 10.0 Å². The molecule has 10 heteroatoms.